The van der Waals surface area contributed by atoms with E-state index in [1.165, 1.54) is 6.07 Å². The van der Waals surface area contributed by atoms with Crippen LogP contribution < -0.4 is 5.32 Å². The van der Waals surface area contributed by atoms with Crippen molar-refractivity contribution in [3.05, 3.63) is 69.5 Å². The zero-order chi connectivity index (χ0) is 15.4. The molecule has 2 aromatic carbocycles. The summed E-state index contributed by atoms with van der Waals surface area (Å²) in [5, 5.41) is 13.4. The number of halogens is 3. The van der Waals surface area contributed by atoms with Crippen molar-refractivity contribution in [1.29, 1.82) is 0 Å². The Bertz CT molecular complexity index is 677. The Labute approximate surface area is 118 Å². The number of anilines is 1. The number of rotatable bonds is 5. The van der Waals surface area contributed by atoms with E-state index in [4.69, 9.17) is 0 Å². The second-order valence-electron chi connectivity index (χ2n) is 4.31. The van der Waals surface area contributed by atoms with E-state index in [1.54, 1.807) is 18.2 Å². The van der Waals surface area contributed by atoms with Crippen LogP contribution in [0.25, 0.3) is 0 Å². The smallest absolute Gasteiger partial charge is 0.272 e. The first-order chi connectivity index (χ1) is 9.99. The molecule has 0 aliphatic rings. The second kappa shape index (κ2) is 6.25. The maximum Gasteiger partial charge on any atom is 0.272 e. The summed E-state index contributed by atoms with van der Waals surface area (Å²) in [5.41, 5.74) is 0.246. The molecule has 0 spiro atoms. The fraction of sp³-hybridized carbons (Fsp3) is 0.143. The Morgan fingerprint density at radius 2 is 1.71 bits per heavy atom. The average molecular weight is 296 g/mol. The minimum Gasteiger partial charge on any atom is -0.382 e. The van der Waals surface area contributed by atoms with Crippen molar-refractivity contribution in [2.45, 2.75) is 6.42 Å². The normalized spacial score (nSPS) is 10.4. The fourth-order valence-corrected chi connectivity index (χ4v) is 1.89. The zero-order valence-corrected chi connectivity index (χ0v) is 10.8. The summed E-state index contributed by atoms with van der Waals surface area (Å²) in [4.78, 5) is 10.3. The van der Waals surface area contributed by atoms with E-state index >= 15 is 0 Å². The molecule has 2 aromatic rings. The molecule has 0 unspecified atom stereocenters. The molecular formula is C14H11F3N2O2. The first-order valence-electron chi connectivity index (χ1n) is 6.09. The number of benzene rings is 2. The number of hydrogen-bond acceptors (Lipinski definition) is 3. The third kappa shape index (κ3) is 3.50. The highest BCUT2D eigenvalue weighted by Crippen LogP contribution is 2.20. The monoisotopic (exact) mass is 296 g/mol. The molecule has 2 rings (SSSR count). The number of nitrogens with zero attached hydrogens (tertiary/aromatic N) is 1. The molecular weight excluding hydrogens is 285 g/mol. The minimum absolute atomic E-state index is 0.0370. The zero-order valence-electron chi connectivity index (χ0n) is 10.8. The van der Waals surface area contributed by atoms with Gasteiger partial charge in [-0.15, -0.1) is 0 Å². The molecule has 0 bridgehead atoms. The topological polar surface area (TPSA) is 55.2 Å². The third-order valence-corrected chi connectivity index (χ3v) is 2.91. The molecule has 1 N–H and O–H groups in total. The lowest BCUT2D eigenvalue weighted by Crippen LogP contribution is -2.08. The van der Waals surface area contributed by atoms with E-state index < -0.39 is 22.4 Å². The maximum absolute atomic E-state index is 13.4. The van der Waals surface area contributed by atoms with Gasteiger partial charge in [0, 0.05) is 30.3 Å². The van der Waals surface area contributed by atoms with Gasteiger partial charge in [0.15, 0.2) is 11.6 Å². The predicted octanol–water partition coefficient (Wildman–Crippen LogP) is 3.67. The lowest BCUT2D eigenvalue weighted by molar-refractivity contribution is -0.385. The van der Waals surface area contributed by atoms with Gasteiger partial charge in [0.25, 0.3) is 5.69 Å². The van der Waals surface area contributed by atoms with E-state index in [0.29, 0.717) is 17.7 Å². The lowest BCUT2D eigenvalue weighted by Gasteiger charge is -2.08. The molecule has 0 saturated heterocycles. The second-order valence-corrected chi connectivity index (χ2v) is 4.31. The number of nitro groups is 1. The Morgan fingerprint density at radius 3 is 2.43 bits per heavy atom. The number of nitrogens with one attached hydrogen (secondary N) is 1. The number of hydrogen-bond donors (Lipinski definition) is 1. The van der Waals surface area contributed by atoms with Crippen molar-refractivity contribution in [2.75, 3.05) is 11.9 Å². The summed E-state index contributed by atoms with van der Waals surface area (Å²) in [6, 6.07) is 7.31. The molecule has 0 atom stereocenters. The van der Waals surface area contributed by atoms with Crippen LogP contribution in [0, 0.1) is 27.6 Å². The Kier molecular flexibility index (Phi) is 4.42. The summed E-state index contributed by atoms with van der Waals surface area (Å²) in [6.07, 6.45) is 0.246. The fourth-order valence-electron chi connectivity index (χ4n) is 1.89. The SMILES string of the molecule is O=[N+]([O-])c1ccccc1CCNc1cc(F)c(F)cc1F. The van der Waals surface area contributed by atoms with Gasteiger partial charge in [-0.25, -0.2) is 13.2 Å². The van der Waals surface area contributed by atoms with Gasteiger partial charge in [-0.05, 0) is 6.42 Å². The van der Waals surface area contributed by atoms with Crippen molar-refractivity contribution in [3.63, 3.8) is 0 Å². The van der Waals surface area contributed by atoms with Crippen LogP contribution in [0.5, 0.6) is 0 Å². The van der Waals surface area contributed by atoms with Crippen LogP contribution in [-0.2, 0) is 6.42 Å². The van der Waals surface area contributed by atoms with E-state index in [1.807, 2.05) is 0 Å². The first-order valence-corrected chi connectivity index (χ1v) is 6.09. The molecule has 110 valence electrons. The molecule has 0 aliphatic heterocycles. The molecule has 7 heteroatoms. The highest BCUT2D eigenvalue weighted by molar-refractivity contribution is 5.46. The quantitative estimate of drug-likeness (QED) is 0.520. The van der Waals surface area contributed by atoms with E-state index in [2.05, 4.69) is 5.32 Å². The summed E-state index contributed by atoms with van der Waals surface area (Å²) < 4.78 is 39.2. The lowest BCUT2D eigenvalue weighted by atomic mass is 10.1. The predicted molar refractivity (Wildman–Crippen MR) is 71.6 cm³/mol. The van der Waals surface area contributed by atoms with Crippen LogP contribution in [0.3, 0.4) is 0 Å². The number of nitro benzene ring substituents is 1. The third-order valence-electron chi connectivity index (χ3n) is 2.91. The van der Waals surface area contributed by atoms with Crippen molar-refractivity contribution in [2.24, 2.45) is 0 Å². The van der Waals surface area contributed by atoms with Gasteiger partial charge in [0.05, 0.1) is 10.6 Å². The van der Waals surface area contributed by atoms with Gasteiger partial charge >= 0.3 is 0 Å². The molecule has 0 radical (unpaired) electrons. The van der Waals surface area contributed by atoms with Gasteiger partial charge in [-0.3, -0.25) is 10.1 Å². The van der Waals surface area contributed by atoms with Crippen molar-refractivity contribution in [1.82, 2.24) is 0 Å². The van der Waals surface area contributed by atoms with Gasteiger partial charge in [-0.1, -0.05) is 18.2 Å². The highest BCUT2D eigenvalue weighted by atomic mass is 19.2. The highest BCUT2D eigenvalue weighted by Gasteiger charge is 2.13. The van der Waals surface area contributed by atoms with E-state index in [0.717, 1.165) is 0 Å². The largest absolute Gasteiger partial charge is 0.382 e. The summed E-state index contributed by atoms with van der Waals surface area (Å²) in [7, 11) is 0. The number of para-hydroxylation sites is 1. The van der Waals surface area contributed by atoms with Crippen LogP contribution >= 0.6 is 0 Å². The molecule has 0 aliphatic carbocycles. The van der Waals surface area contributed by atoms with Crippen LogP contribution in [-0.4, -0.2) is 11.5 Å². The van der Waals surface area contributed by atoms with Gasteiger partial charge in [-0.2, -0.15) is 0 Å². The van der Waals surface area contributed by atoms with Gasteiger partial charge in [0.2, 0.25) is 0 Å². The first kappa shape index (κ1) is 14.8. The standard InChI is InChI=1S/C14H11F3N2O2/c15-10-7-12(17)13(8-11(10)16)18-6-5-9-3-1-2-4-14(9)19(20)21/h1-4,7-8,18H,5-6H2. The van der Waals surface area contributed by atoms with Crippen LogP contribution in [0.1, 0.15) is 5.56 Å². The summed E-state index contributed by atoms with van der Waals surface area (Å²) in [5.74, 6) is -3.35. The molecule has 0 fully saturated rings. The van der Waals surface area contributed by atoms with Crippen LogP contribution in [0.15, 0.2) is 36.4 Å². The molecule has 0 amide bonds. The Balaban J connectivity index is 2.06. The Hall–Kier alpha value is -2.57. The van der Waals surface area contributed by atoms with Gasteiger partial charge in [0.1, 0.15) is 5.82 Å². The molecule has 4 nitrogen and oxygen atoms in total. The minimum atomic E-state index is -1.27. The van der Waals surface area contributed by atoms with Crippen molar-refractivity contribution < 1.29 is 18.1 Å². The van der Waals surface area contributed by atoms with E-state index in [9.17, 15) is 23.3 Å². The van der Waals surface area contributed by atoms with E-state index in [-0.39, 0.29) is 24.3 Å². The Morgan fingerprint density at radius 1 is 1.05 bits per heavy atom. The van der Waals surface area contributed by atoms with Crippen molar-refractivity contribution in [3.8, 4) is 0 Å². The summed E-state index contributed by atoms with van der Waals surface area (Å²) >= 11 is 0. The van der Waals surface area contributed by atoms with Crippen molar-refractivity contribution >= 4 is 11.4 Å². The van der Waals surface area contributed by atoms with Crippen LogP contribution in [0.2, 0.25) is 0 Å². The molecule has 0 heterocycles. The maximum atomic E-state index is 13.4. The summed E-state index contributed by atoms with van der Waals surface area (Å²) in [6.45, 7) is 0.146. The molecule has 0 aromatic heterocycles. The van der Waals surface area contributed by atoms with Crippen LogP contribution in [0.4, 0.5) is 24.5 Å². The van der Waals surface area contributed by atoms with Gasteiger partial charge < -0.3 is 5.32 Å². The molecule has 0 saturated carbocycles. The average Bonchev–Trinajstić information content (AvgIpc) is 2.44. The molecule has 21 heavy (non-hydrogen) atoms.